The maximum absolute atomic E-state index is 11.8. The van der Waals surface area contributed by atoms with Crippen molar-refractivity contribution in [2.75, 3.05) is 18.9 Å². The van der Waals surface area contributed by atoms with Gasteiger partial charge in [-0.15, -0.1) is 0 Å². The summed E-state index contributed by atoms with van der Waals surface area (Å²) in [6, 6.07) is 7.96. The second-order valence-electron chi connectivity index (χ2n) is 4.65. The van der Waals surface area contributed by atoms with Gasteiger partial charge in [-0.3, -0.25) is 4.79 Å². The minimum absolute atomic E-state index is 0.102. The molecule has 0 aromatic heterocycles. The van der Waals surface area contributed by atoms with Crippen molar-refractivity contribution in [2.24, 2.45) is 0 Å². The number of nitrogens with two attached hydrogens (primary N) is 1. The number of carbonyl (C=O) groups is 1. The Labute approximate surface area is 108 Å². The zero-order chi connectivity index (χ0) is 12.8. The number of nitrogen functional groups attached to an aromatic ring is 1. The summed E-state index contributed by atoms with van der Waals surface area (Å²) < 4.78 is 5.26. The molecule has 3 N–H and O–H groups in total. The Bertz CT molecular complexity index is 401. The van der Waals surface area contributed by atoms with Crippen LogP contribution in [-0.2, 0) is 16.0 Å². The van der Waals surface area contributed by atoms with Crippen molar-refractivity contribution in [1.82, 2.24) is 5.32 Å². The molecular weight excluding hydrogens is 228 g/mol. The maximum atomic E-state index is 11.8. The van der Waals surface area contributed by atoms with Crippen LogP contribution < -0.4 is 11.1 Å². The van der Waals surface area contributed by atoms with Gasteiger partial charge in [-0.05, 0) is 30.9 Å². The molecule has 2 rings (SSSR count). The molecule has 1 aromatic rings. The molecule has 4 heteroatoms. The molecule has 0 unspecified atom stereocenters. The number of aryl methyl sites for hydroxylation is 1. The Balaban J connectivity index is 1.76. The van der Waals surface area contributed by atoms with Gasteiger partial charge in [0.15, 0.2) is 0 Å². The predicted molar refractivity (Wildman–Crippen MR) is 71.2 cm³/mol. The van der Waals surface area contributed by atoms with Crippen LogP contribution in [-0.4, -0.2) is 25.2 Å². The van der Waals surface area contributed by atoms with E-state index in [1.54, 1.807) is 0 Å². The Kier molecular flexibility index (Phi) is 4.59. The first-order valence-electron chi connectivity index (χ1n) is 6.46. The highest BCUT2D eigenvalue weighted by Gasteiger charge is 2.15. The van der Waals surface area contributed by atoms with Crippen LogP contribution in [0.15, 0.2) is 24.3 Å². The van der Waals surface area contributed by atoms with Crippen molar-refractivity contribution in [3.63, 3.8) is 0 Å². The van der Waals surface area contributed by atoms with Gasteiger partial charge < -0.3 is 15.8 Å². The number of hydrogen-bond donors (Lipinski definition) is 2. The van der Waals surface area contributed by atoms with Crippen LogP contribution in [0.25, 0.3) is 0 Å². The van der Waals surface area contributed by atoms with E-state index in [0.717, 1.165) is 37.3 Å². The number of carbonyl (C=O) groups excluding carboxylic acids is 1. The highest BCUT2D eigenvalue weighted by molar-refractivity contribution is 5.76. The van der Waals surface area contributed by atoms with Crippen molar-refractivity contribution in [3.05, 3.63) is 29.8 Å². The van der Waals surface area contributed by atoms with Crippen LogP contribution >= 0.6 is 0 Å². The van der Waals surface area contributed by atoms with Crippen LogP contribution in [0.2, 0.25) is 0 Å². The summed E-state index contributed by atoms with van der Waals surface area (Å²) in [5.41, 5.74) is 7.64. The van der Waals surface area contributed by atoms with Gasteiger partial charge in [0.25, 0.3) is 0 Å². The number of para-hydroxylation sites is 1. The lowest BCUT2D eigenvalue weighted by Crippen LogP contribution is -2.38. The molecular formula is C14H20N2O2. The van der Waals surface area contributed by atoms with Gasteiger partial charge >= 0.3 is 0 Å². The monoisotopic (exact) mass is 248 g/mol. The Morgan fingerprint density at radius 3 is 2.78 bits per heavy atom. The molecule has 1 saturated heterocycles. The fraction of sp³-hybridized carbons (Fsp3) is 0.500. The van der Waals surface area contributed by atoms with E-state index >= 15 is 0 Å². The van der Waals surface area contributed by atoms with E-state index in [9.17, 15) is 4.79 Å². The topological polar surface area (TPSA) is 64.4 Å². The minimum Gasteiger partial charge on any atom is -0.399 e. The summed E-state index contributed by atoms with van der Waals surface area (Å²) in [5, 5.41) is 3.05. The average Bonchev–Trinajstić information content (AvgIpc) is 2.39. The molecule has 1 amide bonds. The van der Waals surface area contributed by atoms with Gasteiger partial charge in [0.2, 0.25) is 5.91 Å². The quantitative estimate of drug-likeness (QED) is 0.794. The number of nitrogens with one attached hydrogen (secondary N) is 1. The van der Waals surface area contributed by atoms with Crippen molar-refractivity contribution in [1.29, 1.82) is 0 Å². The number of rotatable bonds is 4. The molecule has 0 bridgehead atoms. The first-order valence-corrected chi connectivity index (χ1v) is 6.46. The fourth-order valence-corrected chi connectivity index (χ4v) is 2.15. The molecule has 0 aliphatic carbocycles. The number of anilines is 1. The first-order chi connectivity index (χ1) is 8.75. The number of ether oxygens (including phenoxy) is 1. The van der Waals surface area contributed by atoms with Crippen LogP contribution in [0.4, 0.5) is 5.69 Å². The smallest absolute Gasteiger partial charge is 0.220 e. The zero-order valence-electron chi connectivity index (χ0n) is 10.5. The standard InChI is InChI=1S/C14H20N2O2/c15-13-4-2-1-3-11(13)5-6-14(17)16-12-7-9-18-10-8-12/h1-4,12H,5-10,15H2,(H,16,17). The van der Waals surface area contributed by atoms with Crippen molar-refractivity contribution in [3.8, 4) is 0 Å². The predicted octanol–water partition coefficient (Wildman–Crippen LogP) is 1.50. The summed E-state index contributed by atoms with van der Waals surface area (Å²) in [6.07, 6.45) is 3.02. The van der Waals surface area contributed by atoms with Gasteiger partial charge in [0.05, 0.1) is 0 Å². The fourth-order valence-electron chi connectivity index (χ4n) is 2.15. The molecule has 98 valence electrons. The van der Waals surface area contributed by atoms with Crippen molar-refractivity contribution < 1.29 is 9.53 Å². The number of hydrogen-bond acceptors (Lipinski definition) is 3. The molecule has 1 aliphatic heterocycles. The highest BCUT2D eigenvalue weighted by Crippen LogP contribution is 2.13. The molecule has 0 saturated carbocycles. The summed E-state index contributed by atoms with van der Waals surface area (Å²) in [4.78, 5) is 11.8. The zero-order valence-corrected chi connectivity index (χ0v) is 10.5. The van der Waals surface area contributed by atoms with E-state index in [4.69, 9.17) is 10.5 Å². The van der Waals surface area contributed by atoms with E-state index in [-0.39, 0.29) is 11.9 Å². The number of benzene rings is 1. The Morgan fingerprint density at radius 2 is 2.06 bits per heavy atom. The minimum atomic E-state index is 0.102. The third kappa shape index (κ3) is 3.74. The normalized spacial score (nSPS) is 16.4. The molecule has 0 spiro atoms. The van der Waals surface area contributed by atoms with E-state index < -0.39 is 0 Å². The van der Waals surface area contributed by atoms with Crippen molar-refractivity contribution >= 4 is 11.6 Å². The van der Waals surface area contributed by atoms with Crippen LogP contribution in [0.1, 0.15) is 24.8 Å². The third-order valence-corrected chi connectivity index (χ3v) is 3.26. The highest BCUT2D eigenvalue weighted by atomic mass is 16.5. The lowest BCUT2D eigenvalue weighted by molar-refractivity contribution is -0.122. The Morgan fingerprint density at radius 1 is 1.33 bits per heavy atom. The van der Waals surface area contributed by atoms with Gasteiger partial charge in [-0.25, -0.2) is 0 Å². The maximum Gasteiger partial charge on any atom is 0.220 e. The lowest BCUT2D eigenvalue weighted by Gasteiger charge is -2.23. The van der Waals surface area contributed by atoms with Crippen molar-refractivity contribution in [2.45, 2.75) is 31.7 Å². The molecule has 1 heterocycles. The van der Waals surface area contributed by atoms with E-state index in [1.165, 1.54) is 0 Å². The van der Waals surface area contributed by atoms with E-state index in [2.05, 4.69) is 5.32 Å². The lowest BCUT2D eigenvalue weighted by atomic mass is 10.1. The number of amides is 1. The van der Waals surface area contributed by atoms with Crippen LogP contribution in [0.3, 0.4) is 0 Å². The van der Waals surface area contributed by atoms with Gasteiger partial charge in [0, 0.05) is 31.4 Å². The summed E-state index contributed by atoms with van der Waals surface area (Å²) in [6.45, 7) is 1.49. The first kappa shape index (κ1) is 12.9. The average molecular weight is 248 g/mol. The van der Waals surface area contributed by atoms with Gasteiger partial charge in [-0.2, -0.15) is 0 Å². The second-order valence-corrected chi connectivity index (χ2v) is 4.65. The van der Waals surface area contributed by atoms with E-state index in [1.807, 2.05) is 24.3 Å². The summed E-state index contributed by atoms with van der Waals surface area (Å²) in [7, 11) is 0. The third-order valence-electron chi connectivity index (χ3n) is 3.26. The van der Waals surface area contributed by atoms with E-state index in [0.29, 0.717) is 12.8 Å². The van der Waals surface area contributed by atoms with Crippen LogP contribution in [0.5, 0.6) is 0 Å². The van der Waals surface area contributed by atoms with Gasteiger partial charge in [0.1, 0.15) is 0 Å². The SMILES string of the molecule is Nc1ccccc1CCC(=O)NC1CCOCC1. The molecule has 0 atom stereocenters. The van der Waals surface area contributed by atoms with Gasteiger partial charge in [-0.1, -0.05) is 18.2 Å². The molecule has 0 radical (unpaired) electrons. The Hall–Kier alpha value is -1.55. The van der Waals surface area contributed by atoms with Crippen LogP contribution in [0, 0.1) is 0 Å². The summed E-state index contributed by atoms with van der Waals surface area (Å²) >= 11 is 0. The summed E-state index contributed by atoms with van der Waals surface area (Å²) in [5.74, 6) is 0.102. The molecule has 1 aromatic carbocycles. The molecule has 4 nitrogen and oxygen atoms in total. The largest absolute Gasteiger partial charge is 0.399 e. The molecule has 18 heavy (non-hydrogen) atoms. The second kappa shape index (κ2) is 6.40. The molecule has 1 aliphatic rings. The molecule has 1 fully saturated rings.